The zero-order chi connectivity index (χ0) is 21.7. The predicted molar refractivity (Wildman–Crippen MR) is 119 cm³/mol. The summed E-state index contributed by atoms with van der Waals surface area (Å²) in [5.74, 6) is 2.81. The van der Waals surface area contributed by atoms with E-state index >= 15 is 0 Å². The molecule has 0 amide bonds. The van der Waals surface area contributed by atoms with Gasteiger partial charge in [0.05, 0.1) is 6.26 Å². The van der Waals surface area contributed by atoms with Crippen LogP contribution >= 0.6 is 0 Å². The molecule has 2 bridgehead atoms. The molecule has 1 aromatic carbocycles. The van der Waals surface area contributed by atoms with Crippen molar-refractivity contribution in [3.05, 3.63) is 41.5 Å². The maximum atomic E-state index is 10.2. The zero-order valence-corrected chi connectivity index (χ0v) is 19.0. The average Bonchev–Trinajstić information content (AvgIpc) is 2.58. The standard InChI is InChI=1S/C23H31NO.CH4O3S/c1-15-10-16(2)22-21-11-18-6-7-19(25)12-20(18)23(22,13-15)8-9-24(21)14-17-4-3-5-17;1-5(2,3)4/h6-7,12,16-17,21-22,25H,1,3-5,8-11,13-14H2,2H3;1H3,(H,2,3,4)/t16-,21+,22-,23+;/m0./s1. The SMILES string of the molecule is C=C1C[C@H](C)[C@H]2[C@H]3Cc4ccc(O)cc4[C@@]2(CCN3CC2CCC2)C1.CS(=O)(=O)O. The molecular formula is C24H35NO4S. The number of benzene rings is 1. The van der Waals surface area contributed by atoms with E-state index in [1.54, 1.807) is 0 Å². The lowest BCUT2D eigenvalue weighted by atomic mass is 9.49. The number of phenols is 1. The quantitative estimate of drug-likeness (QED) is 0.541. The number of likely N-dealkylation sites (tertiary alicyclic amines) is 1. The minimum Gasteiger partial charge on any atom is -0.508 e. The van der Waals surface area contributed by atoms with Crippen LogP contribution in [0.3, 0.4) is 0 Å². The molecule has 5 rings (SSSR count). The van der Waals surface area contributed by atoms with Gasteiger partial charge in [0.25, 0.3) is 10.1 Å². The van der Waals surface area contributed by atoms with Gasteiger partial charge in [0, 0.05) is 18.0 Å². The van der Waals surface area contributed by atoms with Crippen LogP contribution in [-0.2, 0) is 22.0 Å². The van der Waals surface area contributed by atoms with Gasteiger partial charge in [0.1, 0.15) is 5.75 Å². The molecule has 0 spiro atoms. The van der Waals surface area contributed by atoms with Crippen LogP contribution in [0, 0.1) is 17.8 Å². The van der Waals surface area contributed by atoms with Gasteiger partial charge in [-0.3, -0.25) is 9.45 Å². The fourth-order valence-electron chi connectivity index (χ4n) is 6.83. The molecule has 1 heterocycles. The fourth-order valence-corrected chi connectivity index (χ4v) is 6.83. The van der Waals surface area contributed by atoms with Crippen molar-refractivity contribution >= 4 is 10.1 Å². The van der Waals surface area contributed by atoms with E-state index in [-0.39, 0.29) is 5.41 Å². The van der Waals surface area contributed by atoms with Crippen LogP contribution in [0.25, 0.3) is 0 Å². The van der Waals surface area contributed by atoms with Crippen molar-refractivity contribution in [3.8, 4) is 5.75 Å². The Bertz CT molecular complexity index is 915. The summed E-state index contributed by atoms with van der Waals surface area (Å²) in [5, 5.41) is 10.2. The lowest BCUT2D eigenvalue weighted by Gasteiger charge is -2.62. The van der Waals surface area contributed by atoms with E-state index in [1.807, 2.05) is 6.07 Å². The number of rotatable bonds is 2. The summed E-state index contributed by atoms with van der Waals surface area (Å²) in [6.45, 7) is 9.41. The van der Waals surface area contributed by atoms with Gasteiger partial charge in [0.2, 0.25) is 0 Å². The molecule has 4 atom stereocenters. The average molecular weight is 434 g/mol. The molecule has 3 aliphatic carbocycles. The van der Waals surface area contributed by atoms with Gasteiger partial charge in [-0.2, -0.15) is 8.42 Å². The van der Waals surface area contributed by atoms with Gasteiger partial charge in [-0.1, -0.05) is 31.6 Å². The number of allylic oxidation sites excluding steroid dienone is 1. The lowest BCUT2D eigenvalue weighted by molar-refractivity contribution is -0.0376. The monoisotopic (exact) mass is 433 g/mol. The summed E-state index contributed by atoms with van der Waals surface area (Å²) in [6, 6.07) is 6.87. The van der Waals surface area contributed by atoms with Gasteiger partial charge in [-0.25, -0.2) is 0 Å². The Labute approximate surface area is 180 Å². The highest BCUT2D eigenvalue weighted by molar-refractivity contribution is 7.85. The Morgan fingerprint density at radius 1 is 1.27 bits per heavy atom. The normalized spacial score (nSPS) is 33.6. The Hall–Kier alpha value is -1.37. The summed E-state index contributed by atoms with van der Waals surface area (Å²) in [4.78, 5) is 2.85. The molecular weight excluding hydrogens is 398 g/mol. The molecule has 5 nitrogen and oxygen atoms in total. The van der Waals surface area contributed by atoms with Crippen molar-refractivity contribution in [3.63, 3.8) is 0 Å². The molecule has 30 heavy (non-hydrogen) atoms. The lowest BCUT2D eigenvalue weighted by Crippen LogP contribution is -2.63. The third-order valence-corrected chi connectivity index (χ3v) is 7.93. The Kier molecular flexibility index (Phi) is 5.79. The number of hydrogen-bond acceptors (Lipinski definition) is 4. The van der Waals surface area contributed by atoms with Gasteiger partial charge in [0.15, 0.2) is 0 Å². The highest BCUT2D eigenvalue weighted by Gasteiger charge is 2.56. The van der Waals surface area contributed by atoms with Crippen LogP contribution in [0.5, 0.6) is 5.75 Å². The minimum atomic E-state index is -3.67. The minimum absolute atomic E-state index is 0.224. The first kappa shape index (κ1) is 21.8. The molecule has 166 valence electrons. The van der Waals surface area contributed by atoms with Crippen molar-refractivity contribution in [2.75, 3.05) is 19.3 Å². The van der Waals surface area contributed by atoms with E-state index in [0.717, 1.165) is 18.3 Å². The second-order valence-corrected chi connectivity index (χ2v) is 11.6. The van der Waals surface area contributed by atoms with Crippen LogP contribution < -0.4 is 0 Å². The molecule has 1 saturated heterocycles. The highest BCUT2D eigenvalue weighted by Crippen LogP contribution is 2.59. The Balaban J connectivity index is 0.000000393. The van der Waals surface area contributed by atoms with Crippen molar-refractivity contribution < 1.29 is 18.1 Å². The van der Waals surface area contributed by atoms with Crippen LogP contribution in [0.15, 0.2) is 30.4 Å². The number of fused-ring (bicyclic) bond motifs is 1. The third-order valence-electron chi connectivity index (χ3n) is 7.93. The molecule has 2 N–H and O–H groups in total. The topological polar surface area (TPSA) is 77.8 Å². The second-order valence-electron chi connectivity index (χ2n) is 10.2. The second kappa shape index (κ2) is 7.95. The van der Waals surface area contributed by atoms with Gasteiger partial charge in [-0.15, -0.1) is 0 Å². The number of hydrogen-bond donors (Lipinski definition) is 2. The fraction of sp³-hybridized carbons (Fsp3) is 0.667. The summed E-state index contributed by atoms with van der Waals surface area (Å²) < 4.78 is 25.9. The molecule has 0 radical (unpaired) electrons. The van der Waals surface area contributed by atoms with E-state index in [4.69, 9.17) is 4.55 Å². The smallest absolute Gasteiger partial charge is 0.261 e. The molecule has 6 heteroatoms. The Morgan fingerprint density at radius 2 is 1.97 bits per heavy atom. The number of aromatic hydroxyl groups is 1. The van der Waals surface area contributed by atoms with Crippen molar-refractivity contribution in [1.29, 1.82) is 0 Å². The number of nitrogens with zero attached hydrogens (tertiary/aromatic N) is 1. The van der Waals surface area contributed by atoms with Crippen LogP contribution in [0.2, 0.25) is 0 Å². The zero-order valence-electron chi connectivity index (χ0n) is 18.2. The number of phenolic OH excluding ortho intramolecular Hbond substituents is 1. The Morgan fingerprint density at radius 3 is 2.60 bits per heavy atom. The number of piperidine rings is 1. The first-order chi connectivity index (χ1) is 14.1. The van der Waals surface area contributed by atoms with E-state index < -0.39 is 10.1 Å². The molecule has 1 aromatic rings. The summed E-state index contributed by atoms with van der Waals surface area (Å²) in [7, 11) is -3.67. The summed E-state index contributed by atoms with van der Waals surface area (Å²) in [5.41, 5.74) is 4.58. The van der Waals surface area contributed by atoms with Crippen LogP contribution in [0.1, 0.15) is 56.6 Å². The van der Waals surface area contributed by atoms with Crippen molar-refractivity contribution in [1.82, 2.24) is 4.90 Å². The largest absolute Gasteiger partial charge is 0.508 e. The molecule has 4 aliphatic rings. The van der Waals surface area contributed by atoms with Crippen molar-refractivity contribution in [2.45, 2.75) is 63.3 Å². The van der Waals surface area contributed by atoms with Gasteiger partial charge in [-0.05, 0) is 86.1 Å². The van der Waals surface area contributed by atoms with Gasteiger partial charge >= 0.3 is 0 Å². The first-order valence-electron chi connectivity index (χ1n) is 11.2. The molecule has 0 unspecified atom stereocenters. The molecule has 3 fully saturated rings. The maximum Gasteiger partial charge on any atom is 0.261 e. The van der Waals surface area contributed by atoms with E-state index in [9.17, 15) is 13.5 Å². The predicted octanol–water partition coefficient (Wildman–Crippen LogP) is 4.17. The van der Waals surface area contributed by atoms with Crippen LogP contribution in [0.4, 0.5) is 0 Å². The molecule has 1 aliphatic heterocycles. The summed E-state index contributed by atoms with van der Waals surface area (Å²) in [6.07, 6.45) is 9.76. The highest BCUT2D eigenvalue weighted by atomic mass is 32.2. The summed E-state index contributed by atoms with van der Waals surface area (Å²) >= 11 is 0. The van der Waals surface area contributed by atoms with Crippen LogP contribution in [-0.4, -0.2) is 48.4 Å². The van der Waals surface area contributed by atoms with E-state index in [1.165, 1.54) is 68.3 Å². The van der Waals surface area contributed by atoms with E-state index in [0.29, 0.717) is 24.0 Å². The van der Waals surface area contributed by atoms with Crippen molar-refractivity contribution in [2.24, 2.45) is 17.8 Å². The molecule has 2 saturated carbocycles. The first-order valence-corrected chi connectivity index (χ1v) is 13.1. The maximum absolute atomic E-state index is 10.2. The van der Waals surface area contributed by atoms with E-state index in [2.05, 4.69) is 30.5 Å². The third kappa shape index (κ3) is 4.19. The van der Waals surface area contributed by atoms with Gasteiger partial charge < -0.3 is 5.11 Å². The molecule has 0 aromatic heterocycles.